The van der Waals surface area contributed by atoms with Gasteiger partial charge in [-0.05, 0) is 18.6 Å². The summed E-state index contributed by atoms with van der Waals surface area (Å²) in [4.78, 5) is 0. The van der Waals surface area contributed by atoms with Crippen LogP contribution in [0.4, 0.5) is 0 Å². The minimum atomic E-state index is 0.628. The average molecular weight is 160 g/mol. The Morgan fingerprint density at radius 3 is 2.83 bits per heavy atom. The topological polar surface area (TPSA) is 9.23 Å². The van der Waals surface area contributed by atoms with Crippen molar-refractivity contribution in [2.45, 2.75) is 13.3 Å². The summed E-state index contributed by atoms with van der Waals surface area (Å²) in [5.41, 5.74) is 2.26. The van der Waals surface area contributed by atoms with Crippen LogP contribution < -0.4 is 4.74 Å². The van der Waals surface area contributed by atoms with Gasteiger partial charge >= 0.3 is 0 Å². The van der Waals surface area contributed by atoms with Gasteiger partial charge in [-0.2, -0.15) is 0 Å². The van der Waals surface area contributed by atoms with Gasteiger partial charge in [-0.1, -0.05) is 12.1 Å². The van der Waals surface area contributed by atoms with E-state index in [1.807, 2.05) is 25.1 Å². The van der Waals surface area contributed by atoms with E-state index in [4.69, 9.17) is 11.2 Å². The molecule has 0 heterocycles. The van der Waals surface area contributed by atoms with Gasteiger partial charge in [0.1, 0.15) is 5.75 Å². The van der Waals surface area contributed by atoms with E-state index >= 15 is 0 Å². The fourth-order valence-electron chi connectivity index (χ4n) is 1.11. The van der Waals surface area contributed by atoms with Crippen molar-refractivity contribution in [2.75, 3.05) is 7.11 Å². The van der Waals surface area contributed by atoms with Crippen molar-refractivity contribution in [3.8, 4) is 18.1 Å². The standard InChI is InChI=1S/C11H12O/c1-4-5-10-7-6-9(2)8-11(10)12-3/h1,6-8H,5H2,2-3H3. The number of rotatable bonds is 2. The van der Waals surface area contributed by atoms with Crippen LogP contribution in [-0.4, -0.2) is 7.11 Å². The summed E-state index contributed by atoms with van der Waals surface area (Å²) in [6, 6.07) is 6.04. The van der Waals surface area contributed by atoms with E-state index in [1.165, 1.54) is 5.56 Å². The molecule has 0 fully saturated rings. The molecule has 0 aliphatic carbocycles. The van der Waals surface area contributed by atoms with Crippen molar-refractivity contribution in [3.05, 3.63) is 29.3 Å². The molecule has 0 radical (unpaired) electrons. The number of terminal acetylenes is 1. The maximum absolute atomic E-state index is 5.22. The first kappa shape index (κ1) is 8.67. The molecule has 0 aliphatic heterocycles. The molecule has 0 amide bonds. The van der Waals surface area contributed by atoms with Gasteiger partial charge in [0, 0.05) is 12.0 Å². The van der Waals surface area contributed by atoms with Crippen LogP contribution in [0.15, 0.2) is 18.2 Å². The molecule has 0 aromatic heterocycles. The number of hydrogen-bond acceptors (Lipinski definition) is 1. The predicted octanol–water partition coefficient (Wildman–Crippen LogP) is 2.18. The molecule has 0 unspecified atom stereocenters. The van der Waals surface area contributed by atoms with Crippen LogP contribution in [0.25, 0.3) is 0 Å². The van der Waals surface area contributed by atoms with E-state index < -0.39 is 0 Å². The Morgan fingerprint density at radius 2 is 2.25 bits per heavy atom. The zero-order valence-electron chi connectivity index (χ0n) is 7.42. The van der Waals surface area contributed by atoms with Crippen LogP contribution >= 0.6 is 0 Å². The van der Waals surface area contributed by atoms with Gasteiger partial charge in [0.05, 0.1) is 7.11 Å². The minimum absolute atomic E-state index is 0.628. The van der Waals surface area contributed by atoms with E-state index in [2.05, 4.69) is 5.92 Å². The molecule has 1 nitrogen and oxygen atoms in total. The van der Waals surface area contributed by atoms with Crippen LogP contribution in [0, 0.1) is 19.3 Å². The van der Waals surface area contributed by atoms with Gasteiger partial charge in [0.25, 0.3) is 0 Å². The molecule has 0 spiro atoms. The lowest BCUT2D eigenvalue weighted by atomic mass is 10.1. The SMILES string of the molecule is C#CCc1ccc(C)cc1OC. The zero-order valence-corrected chi connectivity index (χ0v) is 7.42. The van der Waals surface area contributed by atoms with Crippen molar-refractivity contribution in [2.24, 2.45) is 0 Å². The first-order valence-electron chi connectivity index (χ1n) is 3.85. The molecule has 1 aromatic rings. The highest BCUT2D eigenvalue weighted by atomic mass is 16.5. The van der Waals surface area contributed by atoms with Crippen LogP contribution in [0.1, 0.15) is 11.1 Å². The predicted molar refractivity (Wildman–Crippen MR) is 50.3 cm³/mol. The van der Waals surface area contributed by atoms with Gasteiger partial charge in [0.2, 0.25) is 0 Å². The largest absolute Gasteiger partial charge is 0.496 e. The second-order valence-corrected chi connectivity index (χ2v) is 2.70. The maximum atomic E-state index is 5.22. The normalized spacial score (nSPS) is 9.08. The Bertz CT molecular complexity index is 307. The molecule has 1 heteroatoms. The summed E-state index contributed by atoms with van der Waals surface area (Å²) in [7, 11) is 1.66. The highest BCUT2D eigenvalue weighted by Gasteiger charge is 2.00. The van der Waals surface area contributed by atoms with Gasteiger partial charge in [0.15, 0.2) is 0 Å². The van der Waals surface area contributed by atoms with E-state index in [1.54, 1.807) is 7.11 Å². The molecule has 12 heavy (non-hydrogen) atoms. The van der Waals surface area contributed by atoms with Crippen molar-refractivity contribution in [1.82, 2.24) is 0 Å². The molecular weight excluding hydrogens is 148 g/mol. The monoisotopic (exact) mass is 160 g/mol. The molecule has 0 atom stereocenters. The number of benzene rings is 1. The van der Waals surface area contributed by atoms with Crippen LogP contribution in [0.5, 0.6) is 5.75 Å². The molecule has 1 aromatic carbocycles. The molecule has 0 bridgehead atoms. The Morgan fingerprint density at radius 1 is 1.50 bits per heavy atom. The molecule has 0 aliphatic rings. The van der Waals surface area contributed by atoms with E-state index in [0.29, 0.717) is 6.42 Å². The van der Waals surface area contributed by atoms with E-state index in [9.17, 15) is 0 Å². The van der Waals surface area contributed by atoms with Crippen molar-refractivity contribution >= 4 is 0 Å². The lowest BCUT2D eigenvalue weighted by Gasteiger charge is -2.06. The molecule has 1 rings (SSSR count). The maximum Gasteiger partial charge on any atom is 0.123 e. The second kappa shape index (κ2) is 3.82. The summed E-state index contributed by atoms with van der Waals surface area (Å²) < 4.78 is 5.18. The second-order valence-electron chi connectivity index (χ2n) is 2.70. The Hall–Kier alpha value is -1.42. The number of aryl methyl sites for hydroxylation is 1. The lowest BCUT2D eigenvalue weighted by molar-refractivity contribution is 0.410. The van der Waals surface area contributed by atoms with Crippen LogP contribution in [0.2, 0.25) is 0 Å². The summed E-state index contributed by atoms with van der Waals surface area (Å²) in [5, 5.41) is 0. The Kier molecular flexibility index (Phi) is 2.76. The first-order valence-corrected chi connectivity index (χ1v) is 3.85. The summed E-state index contributed by atoms with van der Waals surface area (Å²) in [6.45, 7) is 2.03. The third-order valence-electron chi connectivity index (χ3n) is 1.74. The fraction of sp³-hybridized carbons (Fsp3) is 0.273. The molecule has 62 valence electrons. The summed E-state index contributed by atoms with van der Waals surface area (Å²) in [6.07, 6.45) is 5.85. The fourth-order valence-corrected chi connectivity index (χ4v) is 1.11. The number of hydrogen-bond donors (Lipinski definition) is 0. The lowest BCUT2D eigenvalue weighted by Crippen LogP contribution is -1.91. The molecule has 0 saturated carbocycles. The average Bonchev–Trinajstić information content (AvgIpc) is 2.08. The van der Waals surface area contributed by atoms with Gasteiger partial charge in [-0.25, -0.2) is 0 Å². The molecule has 0 saturated heterocycles. The highest BCUT2D eigenvalue weighted by Crippen LogP contribution is 2.19. The Balaban J connectivity index is 3.04. The third-order valence-corrected chi connectivity index (χ3v) is 1.74. The highest BCUT2D eigenvalue weighted by molar-refractivity contribution is 5.38. The number of methoxy groups -OCH3 is 1. The van der Waals surface area contributed by atoms with E-state index in [0.717, 1.165) is 11.3 Å². The van der Waals surface area contributed by atoms with E-state index in [-0.39, 0.29) is 0 Å². The Labute approximate surface area is 73.4 Å². The zero-order chi connectivity index (χ0) is 8.97. The van der Waals surface area contributed by atoms with Crippen molar-refractivity contribution < 1.29 is 4.74 Å². The van der Waals surface area contributed by atoms with Gasteiger partial charge in [-0.3, -0.25) is 0 Å². The summed E-state index contributed by atoms with van der Waals surface area (Å²) in [5.74, 6) is 3.48. The quantitative estimate of drug-likeness (QED) is 0.602. The van der Waals surface area contributed by atoms with Crippen LogP contribution in [0.3, 0.4) is 0 Å². The molecular formula is C11H12O. The minimum Gasteiger partial charge on any atom is -0.496 e. The van der Waals surface area contributed by atoms with Gasteiger partial charge in [-0.15, -0.1) is 12.3 Å². The molecule has 0 N–H and O–H groups in total. The number of ether oxygens (including phenoxy) is 1. The smallest absolute Gasteiger partial charge is 0.123 e. The summed E-state index contributed by atoms with van der Waals surface area (Å²) >= 11 is 0. The van der Waals surface area contributed by atoms with Crippen LogP contribution in [-0.2, 0) is 6.42 Å². The third kappa shape index (κ3) is 1.79. The first-order chi connectivity index (χ1) is 5.77. The van der Waals surface area contributed by atoms with Gasteiger partial charge < -0.3 is 4.74 Å². The van der Waals surface area contributed by atoms with Crippen molar-refractivity contribution in [1.29, 1.82) is 0 Å². The van der Waals surface area contributed by atoms with Crippen molar-refractivity contribution in [3.63, 3.8) is 0 Å².